The number of piperazine rings is 1. The SMILES string of the molecule is CC1CN(CCF)C(C)CN1. The van der Waals surface area contributed by atoms with E-state index in [1.54, 1.807) is 0 Å². The van der Waals surface area contributed by atoms with Crippen LogP contribution in [0.5, 0.6) is 0 Å². The summed E-state index contributed by atoms with van der Waals surface area (Å²) in [6, 6.07) is 1.000. The van der Waals surface area contributed by atoms with E-state index in [4.69, 9.17) is 0 Å². The van der Waals surface area contributed by atoms with Crippen molar-refractivity contribution in [2.45, 2.75) is 25.9 Å². The minimum absolute atomic E-state index is 0.225. The van der Waals surface area contributed by atoms with Crippen LogP contribution in [-0.2, 0) is 0 Å². The summed E-state index contributed by atoms with van der Waals surface area (Å²) in [6.45, 7) is 6.60. The van der Waals surface area contributed by atoms with Crippen LogP contribution in [-0.4, -0.2) is 43.3 Å². The molecule has 2 atom stereocenters. The largest absolute Gasteiger partial charge is 0.311 e. The van der Waals surface area contributed by atoms with Gasteiger partial charge in [-0.3, -0.25) is 4.90 Å². The lowest BCUT2D eigenvalue weighted by Gasteiger charge is -2.36. The number of rotatable bonds is 2. The second-order valence-electron chi connectivity index (χ2n) is 3.34. The first-order valence-corrected chi connectivity index (χ1v) is 4.27. The lowest BCUT2D eigenvalue weighted by atomic mass is 10.1. The Morgan fingerprint density at radius 1 is 1.55 bits per heavy atom. The van der Waals surface area contributed by atoms with E-state index in [9.17, 15) is 4.39 Å². The fraction of sp³-hybridized carbons (Fsp3) is 1.00. The number of hydrogen-bond donors (Lipinski definition) is 1. The van der Waals surface area contributed by atoms with E-state index in [1.807, 2.05) is 0 Å². The second kappa shape index (κ2) is 4.02. The van der Waals surface area contributed by atoms with Gasteiger partial charge in [-0.25, -0.2) is 4.39 Å². The van der Waals surface area contributed by atoms with Crippen molar-refractivity contribution in [3.63, 3.8) is 0 Å². The van der Waals surface area contributed by atoms with Gasteiger partial charge in [0, 0.05) is 31.7 Å². The summed E-state index contributed by atoms with van der Waals surface area (Å²) >= 11 is 0. The fourth-order valence-electron chi connectivity index (χ4n) is 1.52. The molecule has 11 heavy (non-hydrogen) atoms. The van der Waals surface area contributed by atoms with Crippen molar-refractivity contribution in [2.24, 2.45) is 0 Å². The Hall–Kier alpha value is -0.150. The van der Waals surface area contributed by atoms with Crippen molar-refractivity contribution in [1.29, 1.82) is 0 Å². The van der Waals surface area contributed by atoms with Gasteiger partial charge in [0.25, 0.3) is 0 Å². The molecule has 0 amide bonds. The molecule has 1 fully saturated rings. The standard InChI is InChI=1S/C8H17FN2/c1-7-6-11(4-3-9)8(2)5-10-7/h7-8,10H,3-6H2,1-2H3. The smallest absolute Gasteiger partial charge is 0.102 e. The Kier molecular flexibility index (Phi) is 3.27. The molecule has 0 saturated carbocycles. The van der Waals surface area contributed by atoms with Gasteiger partial charge >= 0.3 is 0 Å². The highest BCUT2D eigenvalue weighted by Gasteiger charge is 2.21. The molecule has 1 saturated heterocycles. The molecule has 0 bridgehead atoms. The Bertz CT molecular complexity index is 119. The van der Waals surface area contributed by atoms with Crippen LogP contribution in [0.25, 0.3) is 0 Å². The zero-order valence-corrected chi connectivity index (χ0v) is 7.31. The maximum absolute atomic E-state index is 12.0. The molecule has 2 unspecified atom stereocenters. The number of nitrogens with zero attached hydrogens (tertiary/aromatic N) is 1. The van der Waals surface area contributed by atoms with Crippen LogP contribution in [0, 0.1) is 0 Å². The van der Waals surface area contributed by atoms with Gasteiger partial charge in [-0.1, -0.05) is 0 Å². The van der Waals surface area contributed by atoms with Gasteiger partial charge in [0.1, 0.15) is 6.67 Å². The Morgan fingerprint density at radius 3 is 2.91 bits per heavy atom. The quantitative estimate of drug-likeness (QED) is 0.637. The van der Waals surface area contributed by atoms with Gasteiger partial charge in [-0.15, -0.1) is 0 Å². The van der Waals surface area contributed by atoms with Crippen LogP contribution in [0.3, 0.4) is 0 Å². The molecule has 1 aliphatic rings. The van der Waals surface area contributed by atoms with Crippen molar-refractivity contribution in [3.05, 3.63) is 0 Å². The summed E-state index contributed by atoms with van der Waals surface area (Å²) in [5.74, 6) is 0. The van der Waals surface area contributed by atoms with Crippen LogP contribution >= 0.6 is 0 Å². The fourth-order valence-corrected chi connectivity index (χ4v) is 1.52. The predicted octanol–water partition coefficient (Wildman–Crippen LogP) is 0.638. The predicted molar refractivity (Wildman–Crippen MR) is 44.5 cm³/mol. The van der Waals surface area contributed by atoms with Gasteiger partial charge < -0.3 is 5.32 Å². The first-order chi connectivity index (χ1) is 5.24. The third kappa shape index (κ3) is 2.42. The van der Waals surface area contributed by atoms with Crippen molar-refractivity contribution in [2.75, 3.05) is 26.3 Å². The first kappa shape index (κ1) is 8.94. The molecule has 0 aromatic heterocycles. The van der Waals surface area contributed by atoms with Crippen LogP contribution in [0.1, 0.15) is 13.8 Å². The number of nitrogens with one attached hydrogen (secondary N) is 1. The summed E-state index contributed by atoms with van der Waals surface area (Å²) in [5, 5.41) is 3.36. The van der Waals surface area contributed by atoms with E-state index < -0.39 is 0 Å². The van der Waals surface area contributed by atoms with Gasteiger partial charge in [-0.05, 0) is 13.8 Å². The van der Waals surface area contributed by atoms with Gasteiger partial charge in [0.15, 0.2) is 0 Å². The van der Waals surface area contributed by atoms with E-state index >= 15 is 0 Å². The van der Waals surface area contributed by atoms with Crippen molar-refractivity contribution in [3.8, 4) is 0 Å². The first-order valence-electron chi connectivity index (χ1n) is 4.27. The summed E-state index contributed by atoms with van der Waals surface area (Å²) in [6.07, 6.45) is 0. The van der Waals surface area contributed by atoms with Crippen LogP contribution in [0.2, 0.25) is 0 Å². The highest BCUT2D eigenvalue weighted by Crippen LogP contribution is 2.05. The molecule has 1 heterocycles. The van der Waals surface area contributed by atoms with Crippen LogP contribution in [0.4, 0.5) is 4.39 Å². The van der Waals surface area contributed by atoms with E-state index in [2.05, 4.69) is 24.1 Å². The molecule has 0 radical (unpaired) electrons. The van der Waals surface area contributed by atoms with E-state index in [0.29, 0.717) is 18.6 Å². The highest BCUT2D eigenvalue weighted by molar-refractivity contribution is 4.80. The van der Waals surface area contributed by atoms with E-state index in [0.717, 1.165) is 13.1 Å². The third-order valence-corrected chi connectivity index (χ3v) is 2.27. The van der Waals surface area contributed by atoms with Crippen LogP contribution in [0.15, 0.2) is 0 Å². The van der Waals surface area contributed by atoms with Crippen molar-refractivity contribution < 1.29 is 4.39 Å². The van der Waals surface area contributed by atoms with Crippen molar-refractivity contribution >= 4 is 0 Å². The lowest BCUT2D eigenvalue weighted by molar-refractivity contribution is 0.137. The number of hydrogen-bond acceptors (Lipinski definition) is 2. The van der Waals surface area contributed by atoms with Gasteiger partial charge in [0.2, 0.25) is 0 Å². The highest BCUT2D eigenvalue weighted by atomic mass is 19.1. The third-order valence-electron chi connectivity index (χ3n) is 2.27. The molecule has 2 nitrogen and oxygen atoms in total. The summed E-state index contributed by atoms with van der Waals surface area (Å²) in [4.78, 5) is 2.20. The topological polar surface area (TPSA) is 15.3 Å². The Labute approximate surface area is 67.8 Å². The minimum atomic E-state index is -0.225. The maximum atomic E-state index is 12.0. The molecule has 1 aliphatic heterocycles. The number of alkyl halides is 1. The lowest BCUT2D eigenvalue weighted by Crippen LogP contribution is -2.54. The van der Waals surface area contributed by atoms with E-state index in [1.165, 1.54) is 0 Å². The average Bonchev–Trinajstić information content (AvgIpc) is 1.98. The molecule has 0 aromatic carbocycles. The Morgan fingerprint density at radius 2 is 2.27 bits per heavy atom. The molecule has 3 heteroatoms. The number of halogens is 1. The zero-order valence-electron chi connectivity index (χ0n) is 7.31. The average molecular weight is 160 g/mol. The molecule has 0 spiro atoms. The second-order valence-corrected chi connectivity index (χ2v) is 3.34. The monoisotopic (exact) mass is 160 g/mol. The summed E-state index contributed by atoms with van der Waals surface area (Å²) < 4.78 is 12.0. The van der Waals surface area contributed by atoms with Crippen molar-refractivity contribution in [1.82, 2.24) is 10.2 Å². The van der Waals surface area contributed by atoms with Gasteiger partial charge in [-0.2, -0.15) is 0 Å². The summed E-state index contributed by atoms with van der Waals surface area (Å²) in [7, 11) is 0. The molecular weight excluding hydrogens is 143 g/mol. The maximum Gasteiger partial charge on any atom is 0.102 e. The van der Waals surface area contributed by atoms with Gasteiger partial charge in [0.05, 0.1) is 0 Å². The molecule has 66 valence electrons. The molecular formula is C8H17FN2. The van der Waals surface area contributed by atoms with E-state index in [-0.39, 0.29) is 6.67 Å². The molecule has 0 aromatic rings. The molecule has 1 rings (SSSR count). The minimum Gasteiger partial charge on any atom is -0.311 e. The molecule has 1 N–H and O–H groups in total. The Balaban J connectivity index is 2.34. The summed E-state index contributed by atoms with van der Waals surface area (Å²) in [5.41, 5.74) is 0. The normalized spacial score (nSPS) is 34.1. The molecule has 0 aliphatic carbocycles. The van der Waals surface area contributed by atoms with Crippen LogP contribution < -0.4 is 5.32 Å². The zero-order chi connectivity index (χ0) is 8.27.